The summed E-state index contributed by atoms with van der Waals surface area (Å²) in [6, 6.07) is 12.0. The predicted molar refractivity (Wildman–Crippen MR) is 87.6 cm³/mol. The van der Waals surface area contributed by atoms with Crippen LogP contribution in [0, 0.1) is 11.7 Å². The molecule has 2 aromatic rings. The molecular weight excluding hydrogens is 333 g/mol. The van der Waals surface area contributed by atoms with Gasteiger partial charge in [-0.3, -0.25) is 14.4 Å². The van der Waals surface area contributed by atoms with Gasteiger partial charge in [-0.2, -0.15) is 0 Å². The van der Waals surface area contributed by atoms with E-state index in [4.69, 9.17) is 11.6 Å². The van der Waals surface area contributed by atoms with E-state index in [-0.39, 0.29) is 22.7 Å². The van der Waals surface area contributed by atoms with Crippen molar-refractivity contribution in [2.75, 3.05) is 4.90 Å². The minimum Gasteiger partial charge on any atom is -0.275 e. The number of benzene rings is 2. The lowest BCUT2D eigenvalue weighted by Crippen LogP contribution is -2.39. The molecule has 1 aliphatic rings. The van der Waals surface area contributed by atoms with Gasteiger partial charge in [0.15, 0.2) is 5.82 Å². The van der Waals surface area contributed by atoms with E-state index in [1.165, 1.54) is 18.2 Å². The summed E-state index contributed by atoms with van der Waals surface area (Å²) >= 11 is 5.37. The third-order valence-electron chi connectivity index (χ3n) is 3.80. The highest BCUT2D eigenvalue weighted by Gasteiger charge is 2.38. The van der Waals surface area contributed by atoms with Gasteiger partial charge in [0.2, 0.25) is 5.91 Å². The Bertz CT molecular complexity index is 818. The summed E-state index contributed by atoms with van der Waals surface area (Å²) in [5.74, 6) is -2.38. The molecule has 2 aromatic carbocycles. The van der Waals surface area contributed by atoms with Crippen molar-refractivity contribution in [3.05, 3.63) is 65.5 Å². The quantitative estimate of drug-likeness (QED) is 0.626. The van der Waals surface area contributed by atoms with Gasteiger partial charge in [-0.25, -0.2) is 9.29 Å². The van der Waals surface area contributed by atoms with Crippen LogP contribution in [0.25, 0.3) is 0 Å². The molecule has 1 fully saturated rings. The highest BCUT2D eigenvalue weighted by molar-refractivity contribution is 6.67. The number of hydrogen-bond acceptors (Lipinski definition) is 3. The zero-order valence-corrected chi connectivity index (χ0v) is 13.3. The predicted octanol–water partition coefficient (Wildman–Crippen LogP) is 3.79. The first kappa shape index (κ1) is 16.3. The van der Waals surface area contributed by atoms with Crippen LogP contribution in [0.15, 0.2) is 48.5 Å². The van der Waals surface area contributed by atoms with Crippen LogP contribution in [0.4, 0.5) is 10.1 Å². The Morgan fingerprint density at radius 3 is 2.25 bits per heavy atom. The molecule has 0 heterocycles. The molecule has 1 saturated carbocycles. The number of imide groups is 1. The fraction of sp³-hybridized carbons (Fsp3) is 0.167. The highest BCUT2D eigenvalue weighted by atomic mass is 35.5. The lowest BCUT2D eigenvalue weighted by atomic mass is 10.1. The van der Waals surface area contributed by atoms with Crippen molar-refractivity contribution in [3.8, 4) is 0 Å². The third-order valence-corrected chi connectivity index (χ3v) is 4.01. The smallest absolute Gasteiger partial charge is 0.265 e. The van der Waals surface area contributed by atoms with E-state index in [2.05, 4.69) is 0 Å². The Morgan fingerprint density at radius 1 is 1.00 bits per heavy atom. The van der Waals surface area contributed by atoms with Gasteiger partial charge in [0.1, 0.15) is 0 Å². The van der Waals surface area contributed by atoms with E-state index >= 15 is 0 Å². The summed E-state index contributed by atoms with van der Waals surface area (Å²) in [6.07, 6.45) is 1.32. The first-order valence-corrected chi connectivity index (χ1v) is 7.80. The molecular formula is C18H13ClFNO3. The lowest BCUT2D eigenvalue weighted by molar-refractivity contribution is -0.119. The van der Waals surface area contributed by atoms with E-state index < -0.39 is 22.9 Å². The van der Waals surface area contributed by atoms with Crippen molar-refractivity contribution in [2.24, 2.45) is 5.92 Å². The third kappa shape index (κ3) is 3.08. The molecule has 0 atom stereocenters. The van der Waals surface area contributed by atoms with Crippen LogP contribution in [0.5, 0.6) is 0 Å². The molecule has 0 aliphatic heterocycles. The SMILES string of the molecule is O=C(Cl)c1cccc(N(C(=O)c2ccccc2)C(=O)C2CC2)c1F. The topological polar surface area (TPSA) is 54.5 Å². The van der Waals surface area contributed by atoms with Gasteiger partial charge in [0.25, 0.3) is 11.1 Å². The monoisotopic (exact) mass is 345 g/mol. The molecule has 1 aliphatic carbocycles. The van der Waals surface area contributed by atoms with Crippen molar-refractivity contribution in [3.63, 3.8) is 0 Å². The molecule has 0 unspecified atom stereocenters. The second-order valence-electron chi connectivity index (χ2n) is 5.53. The zero-order chi connectivity index (χ0) is 17.3. The second kappa shape index (κ2) is 6.53. The maximum absolute atomic E-state index is 14.6. The standard InChI is InChI=1S/C18H13ClFNO3/c19-16(22)13-7-4-8-14(15(13)20)21(18(24)12-9-10-12)17(23)11-5-2-1-3-6-11/h1-8,12H,9-10H2. The average molecular weight is 346 g/mol. The van der Waals surface area contributed by atoms with Gasteiger partial charge < -0.3 is 0 Å². The summed E-state index contributed by atoms with van der Waals surface area (Å²) in [5.41, 5.74) is -0.371. The number of carbonyl (C=O) groups excluding carboxylic acids is 3. The summed E-state index contributed by atoms with van der Waals surface area (Å²) in [4.78, 5) is 37.5. The number of carbonyl (C=O) groups is 3. The maximum Gasteiger partial charge on any atom is 0.265 e. The van der Waals surface area contributed by atoms with E-state index in [0.29, 0.717) is 12.8 Å². The number of rotatable bonds is 4. The molecule has 0 radical (unpaired) electrons. The van der Waals surface area contributed by atoms with Gasteiger partial charge in [-0.05, 0) is 48.7 Å². The molecule has 0 bridgehead atoms. The Balaban J connectivity index is 2.09. The molecule has 0 saturated heterocycles. The van der Waals surface area contributed by atoms with E-state index in [9.17, 15) is 18.8 Å². The lowest BCUT2D eigenvalue weighted by Gasteiger charge is -2.22. The molecule has 6 heteroatoms. The fourth-order valence-corrected chi connectivity index (χ4v) is 2.54. The van der Waals surface area contributed by atoms with Gasteiger partial charge in [-0.1, -0.05) is 24.3 Å². The molecule has 4 nitrogen and oxygen atoms in total. The van der Waals surface area contributed by atoms with Crippen LogP contribution >= 0.6 is 11.6 Å². The maximum atomic E-state index is 14.6. The number of halogens is 2. The number of hydrogen-bond donors (Lipinski definition) is 0. The van der Waals surface area contributed by atoms with Gasteiger partial charge in [-0.15, -0.1) is 0 Å². The second-order valence-corrected chi connectivity index (χ2v) is 5.87. The normalized spacial score (nSPS) is 13.4. The van der Waals surface area contributed by atoms with Crippen LogP contribution in [0.1, 0.15) is 33.6 Å². The average Bonchev–Trinajstić information content (AvgIpc) is 3.42. The van der Waals surface area contributed by atoms with Gasteiger partial charge in [0.05, 0.1) is 11.3 Å². The number of amides is 2. The Kier molecular flexibility index (Phi) is 4.44. The molecule has 0 N–H and O–H groups in total. The van der Waals surface area contributed by atoms with Crippen LogP contribution in [-0.4, -0.2) is 17.1 Å². The van der Waals surface area contributed by atoms with Crippen molar-refractivity contribution >= 4 is 34.3 Å². The van der Waals surface area contributed by atoms with E-state index in [0.717, 1.165) is 4.90 Å². The summed E-state index contributed by atoms with van der Waals surface area (Å²) < 4.78 is 14.6. The van der Waals surface area contributed by atoms with Crippen molar-refractivity contribution in [2.45, 2.75) is 12.8 Å². The molecule has 24 heavy (non-hydrogen) atoms. The molecule has 0 aromatic heterocycles. The minimum atomic E-state index is -0.986. The Hall–Kier alpha value is -2.53. The van der Waals surface area contributed by atoms with Crippen molar-refractivity contribution < 1.29 is 18.8 Å². The van der Waals surface area contributed by atoms with Crippen molar-refractivity contribution in [1.29, 1.82) is 0 Å². The first-order chi connectivity index (χ1) is 11.5. The van der Waals surface area contributed by atoms with Crippen LogP contribution < -0.4 is 4.90 Å². The zero-order valence-electron chi connectivity index (χ0n) is 12.5. The molecule has 0 spiro atoms. The number of anilines is 1. The summed E-state index contributed by atoms with van der Waals surface area (Å²) in [7, 11) is 0. The molecule has 122 valence electrons. The minimum absolute atomic E-state index is 0.257. The van der Waals surface area contributed by atoms with Crippen LogP contribution in [-0.2, 0) is 4.79 Å². The van der Waals surface area contributed by atoms with Crippen molar-refractivity contribution in [1.82, 2.24) is 0 Å². The highest BCUT2D eigenvalue weighted by Crippen LogP contribution is 2.35. The molecule has 3 rings (SSSR count). The van der Waals surface area contributed by atoms with Crippen LogP contribution in [0.3, 0.4) is 0 Å². The van der Waals surface area contributed by atoms with E-state index in [1.807, 2.05) is 0 Å². The summed E-state index contributed by atoms with van der Waals surface area (Å²) in [6.45, 7) is 0. The Labute approximate surface area is 142 Å². The Morgan fingerprint density at radius 2 is 1.67 bits per heavy atom. The van der Waals surface area contributed by atoms with Gasteiger partial charge >= 0.3 is 0 Å². The summed E-state index contributed by atoms with van der Waals surface area (Å²) in [5, 5.41) is -0.986. The number of nitrogens with zero attached hydrogens (tertiary/aromatic N) is 1. The largest absolute Gasteiger partial charge is 0.275 e. The first-order valence-electron chi connectivity index (χ1n) is 7.42. The fourth-order valence-electron chi connectivity index (χ4n) is 2.40. The van der Waals surface area contributed by atoms with E-state index in [1.54, 1.807) is 30.3 Å². The molecule has 2 amide bonds. The van der Waals surface area contributed by atoms with Gasteiger partial charge in [0, 0.05) is 11.5 Å². The van der Waals surface area contributed by atoms with Crippen LogP contribution in [0.2, 0.25) is 0 Å².